The maximum atomic E-state index is 13.3. The topological polar surface area (TPSA) is 50.8 Å². The van der Waals surface area contributed by atoms with Gasteiger partial charge in [-0.3, -0.25) is 0 Å². The van der Waals surface area contributed by atoms with Gasteiger partial charge in [0.15, 0.2) is 0 Å². The maximum absolute atomic E-state index is 13.3. The predicted octanol–water partition coefficient (Wildman–Crippen LogP) is 2.44. The van der Waals surface area contributed by atoms with E-state index in [1.54, 1.807) is 24.1 Å². The fourth-order valence-electron chi connectivity index (χ4n) is 1.42. The standard InChI is InChI=1S/C12H12FN3/c1-9(6-7-14)16(2)12-5-3-4-11(13)10(12)8-15/h3-5,9H,6H2,1-2H3. The molecule has 0 radical (unpaired) electrons. The fourth-order valence-corrected chi connectivity index (χ4v) is 1.42. The zero-order chi connectivity index (χ0) is 12.1. The lowest BCUT2D eigenvalue weighted by Gasteiger charge is -2.26. The molecule has 0 spiro atoms. The van der Waals surface area contributed by atoms with Crippen LogP contribution in [-0.2, 0) is 0 Å². The monoisotopic (exact) mass is 217 g/mol. The molecule has 16 heavy (non-hydrogen) atoms. The molecule has 0 aliphatic rings. The smallest absolute Gasteiger partial charge is 0.143 e. The van der Waals surface area contributed by atoms with E-state index in [-0.39, 0.29) is 11.6 Å². The summed E-state index contributed by atoms with van der Waals surface area (Å²) in [6.07, 6.45) is 0.331. The maximum Gasteiger partial charge on any atom is 0.143 e. The minimum absolute atomic E-state index is 0.0230. The quantitative estimate of drug-likeness (QED) is 0.781. The number of halogens is 1. The van der Waals surface area contributed by atoms with E-state index >= 15 is 0 Å². The molecule has 0 aliphatic carbocycles. The molecule has 0 heterocycles. The van der Waals surface area contributed by atoms with Gasteiger partial charge in [0.25, 0.3) is 0 Å². The van der Waals surface area contributed by atoms with Gasteiger partial charge in [-0.25, -0.2) is 4.39 Å². The van der Waals surface area contributed by atoms with Crippen molar-refractivity contribution in [3.8, 4) is 12.1 Å². The minimum atomic E-state index is -0.531. The summed E-state index contributed by atoms with van der Waals surface area (Å²) in [7, 11) is 1.75. The highest BCUT2D eigenvalue weighted by atomic mass is 19.1. The molecule has 0 saturated carbocycles. The number of hydrogen-bond donors (Lipinski definition) is 0. The van der Waals surface area contributed by atoms with E-state index in [9.17, 15) is 4.39 Å². The van der Waals surface area contributed by atoms with Gasteiger partial charge in [0, 0.05) is 13.1 Å². The highest BCUT2D eigenvalue weighted by molar-refractivity contribution is 5.59. The lowest BCUT2D eigenvalue weighted by Crippen LogP contribution is -2.29. The van der Waals surface area contributed by atoms with E-state index in [1.807, 2.05) is 13.0 Å². The molecule has 1 atom stereocenters. The van der Waals surface area contributed by atoms with E-state index in [2.05, 4.69) is 6.07 Å². The third kappa shape index (κ3) is 2.29. The Kier molecular flexibility index (Phi) is 3.85. The van der Waals surface area contributed by atoms with Crippen molar-refractivity contribution < 1.29 is 4.39 Å². The second-order valence-corrected chi connectivity index (χ2v) is 3.57. The normalized spacial score (nSPS) is 11.3. The molecule has 1 aromatic rings. The van der Waals surface area contributed by atoms with Crippen molar-refractivity contribution in [3.05, 3.63) is 29.6 Å². The summed E-state index contributed by atoms with van der Waals surface area (Å²) in [6.45, 7) is 1.86. The van der Waals surface area contributed by atoms with Crippen LogP contribution in [0.2, 0.25) is 0 Å². The lowest BCUT2D eigenvalue weighted by atomic mass is 10.1. The molecule has 0 N–H and O–H groups in total. The number of anilines is 1. The van der Waals surface area contributed by atoms with Crippen LogP contribution in [0.15, 0.2) is 18.2 Å². The zero-order valence-electron chi connectivity index (χ0n) is 9.24. The Balaban J connectivity index is 3.10. The highest BCUT2D eigenvalue weighted by Gasteiger charge is 2.15. The second-order valence-electron chi connectivity index (χ2n) is 3.57. The molecule has 0 aromatic heterocycles. The van der Waals surface area contributed by atoms with E-state index < -0.39 is 5.82 Å². The van der Waals surface area contributed by atoms with Crippen molar-refractivity contribution >= 4 is 5.69 Å². The molecule has 0 saturated heterocycles. The van der Waals surface area contributed by atoms with Gasteiger partial charge in [-0.1, -0.05) is 6.07 Å². The SMILES string of the molecule is CC(CC#N)N(C)c1cccc(F)c1C#N. The van der Waals surface area contributed by atoms with Gasteiger partial charge in [0.2, 0.25) is 0 Å². The van der Waals surface area contributed by atoms with Crippen molar-refractivity contribution in [1.29, 1.82) is 10.5 Å². The fraction of sp³-hybridized carbons (Fsp3) is 0.333. The molecule has 0 aliphatic heterocycles. The third-order valence-electron chi connectivity index (χ3n) is 2.53. The van der Waals surface area contributed by atoms with Crippen molar-refractivity contribution in [3.63, 3.8) is 0 Å². The number of hydrogen-bond acceptors (Lipinski definition) is 3. The third-order valence-corrected chi connectivity index (χ3v) is 2.53. The predicted molar refractivity (Wildman–Crippen MR) is 59.2 cm³/mol. The van der Waals surface area contributed by atoms with Crippen molar-refractivity contribution in [2.75, 3.05) is 11.9 Å². The van der Waals surface area contributed by atoms with E-state index in [1.165, 1.54) is 6.07 Å². The van der Waals surface area contributed by atoms with E-state index in [0.717, 1.165) is 0 Å². The van der Waals surface area contributed by atoms with Crippen LogP contribution in [0.3, 0.4) is 0 Å². The molecule has 0 fully saturated rings. The summed E-state index contributed by atoms with van der Waals surface area (Å²) in [5.74, 6) is -0.531. The summed E-state index contributed by atoms with van der Waals surface area (Å²) in [5.41, 5.74) is 0.542. The molecule has 82 valence electrons. The van der Waals surface area contributed by atoms with Crippen LogP contribution in [0.1, 0.15) is 18.9 Å². The van der Waals surface area contributed by atoms with Crippen LogP contribution in [0, 0.1) is 28.5 Å². The molecule has 0 bridgehead atoms. The van der Waals surface area contributed by atoms with Crippen molar-refractivity contribution in [2.24, 2.45) is 0 Å². The summed E-state index contributed by atoms with van der Waals surface area (Å²) in [4.78, 5) is 1.74. The Labute approximate surface area is 94.3 Å². The lowest BCUT2D eigenvalue weighted by molar-refractivity contribution is 0.620. The van der Waals surface area contributed by atoms with Crippen molar-refractivity contribution in [1.82, 2.24) is 0 Å². The van der Waals surface area contributed by atoms with Gasteiger partial charge >= 0.3 is 0 Å². The van der Waals surface area contributed by atoms with Gasteiger partial charge < -0.3 is 4.90 Å². The molecule has 4 heteroatoms. The van der Waals surface area contributed by atoms with E-state index in [0.29, 0.717) is 12.1 Å². The first kappa shape index (κ1) is 12.0. The Morgan fingerprint density at radius 1 is 1.44 bits per heavy atom. The first-order valence-electron chi connectivity index (χ1n) is 4.90. The van der Waals surface area contributed by atoms with E-state index in [4.69, 9.17) is 10.5 Å². The molecule has 1 unspecified atom stereocenters. The summed E-state index contributed by atoms with van der Waals surface area (Å²) in [6, 6.07) is 8.33. The molecular weight excluding hydrogens is 205 g/mol. The summed E-state index contributed by atoms with van der Waals surface area (Å²) < 4.78 is 13.3. The average Bonchev–Trinajstić information content (AvgIpc) is 2.28. The van der Waals surface area contributed by atoms with Crippen LogP contribution in [0.5, 0.6) is 0 Å². The van der Waals surface area contributed by atoms with Crippen molar-refractivity contribution in [2.45, 2.75) is 19.4 Å². The Bertz CT molecular complexity index is 456. The zero-order valence-corrected chi connectivity index (χ0v) is 9.24. The first-order valence-corrected chi connectivity index (χ1v) is 4.90. The Morgan fingerprint density at radius 3 is 2.69 bits per heavy atom. The van der Waals surface area contributed by atoms with Gasteiger partial charge in [-0.05, 0) is 19.1 Å². The number of benzene rings is 1. The van der Waals surface area contributed by atoms with Gasteiger partial charge in [-0.15, -0.1) is 0 Å². The van der Waals surface area contributed by atoms with Crippen LogP contribution in [0.25, 0.3) is 0 Å². The summed E-state index contributed by atoms with van der Waals surface area (Å²) >= 11 is 0. The molecule has 1 aromatic carbocycles. The number of rotatable bonds is 3. The summed E-state index contributed by atoms with van der Waals surface area (Å²) in [5, 5.41) is 17.5. The second kappa shape index (κ2) is 5.14. The molecule has 0 amide bonds. The average molecular weight is 217 g/mol. The van der Waals surface area contributed by atoms with Gasteiger partial charge in [0.05, 0.1) is 18.2 Å². The first-order chi connectivity index (χ1) is 7.61. The Hall–Kier alpha value is -2.07. The van der Waals surface area contributed by atoms with Gasteiger partial charge in [-0.2, -0.15) is 10.5 Å². The van der Waals surface area contributed by atoms with Crippen LogP contribution in [-0.4, -0.2) is 13.1 Å². The Morgan fingerprint density at radius 2 is 2.12 bits per heavy atom. The van der Waals surface area contributed by atoms with Crippen LogP contribution < -0.4 is 4.90 Å². The van der Waals surface area contributed by atoms with Gasteiger partial charge in [0.1, 0.15) is 17.4 Å². The minimum Gasteiger partial charge on any atom is -0.370 e. The number of nitrogens with zero attached hydrogens (tertiary/aromatic N) is 3. The number of nitriles is 2. The van der Waals surface area contributed by atoms with Crippen LogP contribution >= 0.6 is 0 Å². The molecular formula is C12H12FN3. The molecule has 3 nitrogen and oxygen atoms in total. The largest absolute Gasteiger partial charge is 0.370 e. The molecule has 1 rings (SSSR count). The van der Waals surface area contributed by atoms with Crippen LogP contribution in [0.4, 0.5) is 10.1 Å². The highest BCUT2D eigenvalue weighted by Crippen LogP contribution is 2.23.